The molecular weight excluding hydrogens is 240 g/mol. The van der Waals surface area contributed by atoms with Crippen LogP contribution in [0.15, 0.2) is 0 Å². The van der Waals surface area contributed by atoms with Crippen LogP contribution in [0.3, 0.4) is 0 Å². The van der Waals surface area contributed by atoms with E-state index >= 15 is 0 Å². The van der Waals surface area contributed by atoms with Crippen LogP contribution in [-0.4, -0.2) is 56.5 Å². The molecule has 1 saturated heterocycles. The predicted molar refractivity (Wildman–Crippen MR) is 68.3 cm³/mol. The number of nitrogens with one attached hydrogen (secondary N) is 1. The maximum Gasteiger partial charge on any atom is 0.211 e. The molecule has 0 aromatic carbocycles. The SMILES string of the molecule is CC(C)N1CCC(CNS(=O)(=O)CCCO)C1. The molecule has 17 heavy (non-hydrogen) atoms. The summed E-state index contributed by atoms with van der Waals surface area (Å²) in [5.41, 5.74) is 0. The van der Waals surface area contributed by atoms with Gasteiger partial charge in [0.2, 0.25) is 10.0 Å². The summed E-state index contributed by atoms with van der Waals surface area (Å²) in [6.45, 7) is 6.80. The molecule has 0 amide bonds. The van der Waals surface area contributed by atoms with Crippen molar-refractivity contribution in [3.8, 4) is 0 Å². The highest BCUT2D eigenvalue weighted by Crippen LogP contribution is 2.17. The Labute approximate surface area is 104 Å². The first kappa shape index (κ1) is 14.9. The summed E-state index contributed by atoms with van der Waals surface area (Å²) in [7, 11) is -3.20. The van der Waals surface area contributed by atoms with Crippen molar-refractivity contribution in [3.05, 3.63) is 0 Å². The van der Waals surface area contributed by atoms with E-state index < -0.39 is 10.0 Å². The number of hydrogen-bond acceptors (Lipinski definition) is 4. The quantitative estimate of drug-likeness (QED) is 0.680. The molecule has 0 bridgehead atoms. The monoisotopic (exact) mass is 264 g/mol. The molecule has 1 aliphatic heterocycles. The predicted octanol–water partition coefficient (Wildman–Crippen LogP) is 0.0185. The van der Waals surface area contributed by atoms with Gasteiger partial charge in [0.05, 0.1) is 5.75 Å². The third-order valence-corrected chi connectivity index (χ3v) is 4.64. The highest BCUT2D eigenvalue weighted by Gasteiger charge is 2.25. The van der Waals surface area contributed by atoms with Crippen molar-refractivity contribution in [1.29, 1.82) is 0 Å². The van der Waals surface area contributed by atoms with E-state index in [4.69, 9.17) is 5.11 Å². The van der Waals surface area contributed by atoms with Crippen molar-refractivity contribution >= 4 is 10.0 Å². The van der Waals surface area contributed by atoms with Gasteiger partial charge in [-0.1, -0.05) is 0 Å². The number of nitrogens with zero attached hydrogens (tertiary/aromatic N) is 1. The average Bonchev–Trinajstić information content (AvgIpc) is 2.73. The molecule has 6 heteroatoms. The summed E-state index contributed by atoms with van der Waals surface area (Å²) in [6.07, 6.45) is 1.36. The maximum atomic E-state index is 11.5. The Balaban J connectivity index is 2.28. The number of rotatable bonds is 7. The van der Waals surface area contributed by atoms with Gasteiger partial charge in [-0.2, -0.15) is 0 Å². The lowest BCUT2D eigenvalue weighted by atomic mass is 10.1. The highest BCUT2D eigenvalue weighted by molar-refractivity contribution is 7.89. The van der Waals surface area contributed by atoms with Gasteiger partial charge < -0.3 is 10.0 Å². The van der Waals surface area contributed by atoms with Crippen molar-refractivity contribution in [3.63, 3.8) is 0 Å². The second kappa shape index (κ2) is 6.68. The first-order valence-corrected chi connectivity index (χ1v) is 7.92. The summed E-state index contributed by atoms with van der Waals surface area (Å²) in [6, 6.07) is 0.533. The molecule has 1 atom stereocenters. The third kappa shape index (κ3) is 5.33. The van der Waals surface area contributed by atoms with Crippen LogP contribution in [0.5, 0.6) is 0 Å². The Morgan fingerprint density at radius 1 is 1.47 bits per heavy atom. The molecule has 0 saturated carbocycles. The number of sulfonamides is 1. The Hall–Kier alpha value is -0.170. The van der Waals surface area contributed by atoms with Gasteiger partial charge in [0.25, 0.3) is 0 Å². The molecule has 0 aromatic rings. The molecule has 1 rings (SSSR count). The van der Waals surface area contributed by atoms with Crippen LogP contribution in [0, 0.1) is 5.92 Å². The lowest BCUT2D eigenvalue weighted by molar-refractivity contribution is 0.265. The van der Waals surface area contributed by atoms with E-state index in [1.54, 1.807) is 0 Å². The van der Waals surface area contributed by atoms with Gasteiger partial charge in [-0.05, 0) is 39.2 Å². The van der Waals surface area contributed by atoms with Crippen LogP contribution in [0.1, 0.15) is 26.7 Å². The summed E-state index contributed by atoms with van der Waals surface area (Å²) >= 11 is 0. The van der Waals surface area contributed by atoms with E-state index in [9.17, 15) is 8.42 Å². The van der Waals surface area contributed by atoms with E-state index in [-0.39, 0.29) is 12.4 Å². The molecule has 5 nitrogen and oxygen atoms in total. The van der Waals surface area contributed by atoms with Crippen LogP contribution in [0.2, 0.25) is 0 Å². The largest absolute Gasteiger partial charge is 0.396 e. The minimum Gasteiger partial charge on any atom is -0.396 e. The van der Waals surface area contributed by atoms with E-state index in [2.05, 4.69) is 23.5 Å². The minimum absolute atomic E-state index is 0.0180. The van der Waals surface area contributed by atoms with E-state index in [1.807, 2.05) is 0 Å². The molecule has 102 valence electrons. The summed E-state index contributed by atoms with van der Waals surface area (Å²) in [5, 5.41) is 8.61. The summed E-state index contributed by atoms with van der Waals surface area (Å²) in [5.74, 6) is 0.436. The van der Waals surface area contributed by atoms with Gasteiger partial charge in [0, 0.05) is 25.7 Å². The molecule has 1 fully saturated rings. The third-order valence-electron chi connectivity index (χ3n) is 3.21. The van der Waals surface area contributed by atoms with Crippen LogP contribution in [0.4, 0.5) is 0 Å². The highest BCUT2D eigenvalue weighted by atomic mass is 32.2. The molecule has 0 spiro atoms. The fourth-order valence-electron chi connectivity index (χ4n) is 2.07. The maximum absolute atomic E-state index is 11.5. The molecule has 1 heterocycles. The normalized spacial score (nSPS) is 22.5. The van der Waals surface area contributed by atoms with E-state index in [0.717, 1.165) is 19.5 Å². The second-order valence-electron chi connectivity index (χ2n) is 4.99. The van der Waals surface area contributed by atoms with Crippen molar-refractivity contribution in [1.82, 2.24) is 9.62 Å². The van der Waals surface area contributed by atoms with Gasteiger partial charge in [0.15, 0.2) is 0 Å². The van der Waals surface area contributed by atoms with Gasteiger partial charge in [-0.3, -0.25) is 0 Å². The molecule has 0 aromatic heterocycles. The lowest BCUT2D eigenvalue weighted by Gasteiger charge is -2.20. The molecular formula is C11H24N2O3S. The van der Waals surface area contributed by atoms with Gasteiger partial charge in [-0.15, -0.1) is 0 Å². The number of likely N-dealkylation sites (tertiary alicyclic amines) is 1. The summed E-state index contributed by atoms with van der Waals surface area (Å²) in [4.78, 5) is 2.37. The summed E-state index contributed by atoms with van der Waals surface area (Å²) < 4.78 is 25.7. The zero-order valence-corrected chi connectivity index (χ0v) is 11.5. The standard InChI is InChI=1S/C11H24N2O3S/c1-10(2)13-5-4-11(9-13)8-12-17(15,16)7-3-6-14/h10-12,14H,3-9H2,1-2H3. The van der Waals surface area contributed by atoms with Crippen LogP contribution < -0.4 is 4.72 Å². The number of aliphatic hydroxyl groups excluding tert-OH is 1. The van der Waals surface area contributed by atoms with Crippen LogP contribution in [-0.2, 0) is 10.0 Å². The fraction of sp³-hybridized carbons (Fsp3) is 1.00. The lowest BCUT2D eigenvalue weighted by Crippen LogP contribution is -2.34. The minimum atomic E-state index is -3.20. The van der Waals surface area contributed by atoms with Crippen molar-refractivity contribution in [2.75, 3.05) is 32.0 Å². The average molecular weight is 264 g/mol. The van der Waals surface area contributed by atoms with Crippen molar-refractivity contribution in [2.24, 2.45) is 5.92 Å². The van der Waals surface area contributed by atoms with Crippen LogP contribution >= 0.6 is 0 Å². The molecule has 2 N–H and O–H groups in total. The molecule has 0 radical (unpaired) electrons. The Morgan fingerprint density at radius 3 is 2.71 bits per heavy atom. The Bertz CT molecular complexity index is 317. The zero-order chi connectivity index (χ0) is 12.9. The van der Waals surface area contributed by atoms with Gasteiger partial charge in [0.1, 0.15) is 0 Å². The Morgan fingerprint density at radius 2 is 2.18 bits per heavy atom. The zero-order valence-electron chi connectivity index (χ0n) is 10.7. The van der Waals surface area contributed by atoms with Gasteiger partial charge in [-0.25, -0.2) is 13.1 Å². The van der Waals surface area contributed by atoms with Crippen molar-refractivity contribution < 1.29 is 13.5 Å². The molecule has 1 unspecified atom stereocenters. The first-order valence-electron chi connectivity index (χ1n) is 6.27. The van der Waals surface area contributed by atoms with Crippen molar-refractivity contribution in [2.45, 2.75) is 32.7 Å². The van der Waals surface area contributed by atoms with E-state index in [1.165, 1.54) is 0 Å². The topological polar surface area (TPSA) is 69.6 Å². The second-order valence-corrected chi connectivity index (χ2v) is 6.91. The Kier molecular flexibility index (Phi) is 5.85. The molecule has 1 aliphatic rings. The molecule has 0 aliphatic carbocycles. The van der Waals surface area contributed by atoms with E-state index in [0.29, 0.717) is 24.9 Å². The van der Waals surface area contributed by atoms with Crippen LogP contribution in [0.25, 0.3) is 0 Å². The smallest absolute Gasteiger partial charge is 0.211 e. The number of aliphatic hydroxyl groups is 1. The number of hydrogen-bond donors (Lipinski definition) is 2. The first-order chi connectivity index (χ1) is 7.94. The van der Waals surface area contributed by atoms with Gasteiger partial charge >= 0.3 is 0 Å². The fourth-order valence-corrected chi connectivity index (χ4v) is 3.21.